The number of hydrogen-bond donors (Lipinski definition) is 3. The molecule has 0 aromatic carbocycles. The first kappa shape index (κ1) is 13.1. The van der Waals surface area contributed by atoms with Gasteiger partial charge in [-0.15, -0.1) is 0 Å². The first-order valence-electron chi connectivity index (χ1n) is 7.48. The standard InChI is InChI=1S/C16H13N7O/c24-16-20-12-9-18-14(11-8-19-22-6-2-1-3-13(11)22)21-15(12)23(16)10-4-5-17-7-10/h1-9,16-17,20,24H/t16-/m0/s1. The van der Waals surface area contributed by atoms with Crippen LogP contribution in [0.1, 0.15) is 0 Å². The molecular formula is C16H13N7O. The van der Waals surface area contributed by atoms with Gasteiger partial charge in [0.2, 0.25) is 6.35 Å². The average Bonchev–Trinajstić information content (AvgIpc) is 3.31. The van der Waals surface area contributed by atoms with E-state index in [9.17, 15) is 5.11 Å². The second kappa shape index (κ2) is 4.80. The highest BCUT2D eigenvalue weighted by Crippen LogP contribution is 2.38. The van der Waals surface area contributed by atoms with Gasteiger partial charge in [-0.2, -0.15) is 5.10 Å². The number of aliphatic hydroxyl groups excluding tert-OH is 1. The molecule has 5 heterocycles. The first-order valence-corrected chi connectivity index (χ1v) is 7.48. The minimum atomic E-state index is -0.885. The van der Waals surface area contributed by atoms with Crippen LogP contribution in [0.2, 0.25) is 0 Å². The molecule has 24 heavy (non-hydrogen) atoms. The number of aliphatic hydroxyl groups is 1. The fourth-order valence-electron chi connectivity index (χ4n) is 2.94. The maximum Gasteiger partial charge on any atom is 0.211 e. The van der Waals surface area contributed by atoms with E-state index >= 15 is 0 Å². The van der Waals surface area contributed by atoms with E-state index in [2.05, 4.69) is 25.4 Å². The number of hydrogen-bond acceptors (Lipinski definition) is 6. The summed E-state index contributed by atoms with van der Waals surface area (Å²) in [5.41, 5.74) is 3.27. The summed E-state index contributed by atoms with van der Waals surface area (Å²) < 4.78 is 1.78. The van der Waals surface area contributed by atoms with E-state index in [1.54, 1.807) is 34.2 Å². The lowest BCUT2D eigenvalue weighted by Gasteiger charge is -2.19. The van der Waals surface area contributed by atoms with Gasteiger partial charge in [0, 0.05) is 18.6 Å². The van der Waals surface area contributed by atoms with Crippen LogP contribution in [0, 0.1) is 0 Å². The van der Waals surface area contributed by atoms with Gasteiger partial charge >= 0.3 is 0 Å². The summed E-state index contributed by atoms with van der Waals surface area (Å²) in [6.45, 7) is 0. The van der Waals surface area contributed by atoms with E-state index in [0.29, 0.717) is 17.3 Å². The number of fused-ring (bicyclic) bond motifs is 2. The van der Waals surface area contributed by atoms with Crippen molar-refractivity contribution in [2.24, 2.45) is 0 Å². The van der Waals surface area contributed by atoms with Crippen LogP contribution >= 0.6 is 0 Å². The maximum absolute atomic E-state index is 10.3. The van der Waals surface area contributed by atoms with Crippen molar-refractivity contribution in [3.63, 3.8) is 0 Å². The lowest BCUT2D eigenvalue weighted by Crippen LogP contribution is -2.31. The van der Waals surface area contributed by atoms with Crippen molar-refractivity contribution < 1.29 is 5.11 Å². The van der Waals surface area contributed by atoms with Gasteiger partial charge < -0.3 is 15.4 Å². The van der Waals surface area contributed by atoms with Crippen molar-refractivity contribution in [1.29, 1.82) is 0 Å². The summed E-state index contributed by atoms with van der Waals surface area (Å²) in [6, 6.07) is 7.71. The minimum absolute atomic E-state index is 0.561. The highest BCUT2D eigenvalue weighted by atomic mass is 16.3. The molecule has 0 saturated heterocycles. The van der Waals surface area contributed by atoms with Gasteiger partial charge in [0.1, 0.15) is 0 Å². The highest BCUT2D eigenvalue weighted by molar-refractivity contribution is 5.82. The van der Waals surface area contributed by atoms with E-state index in [1.165, 1.54) is 0 Å². The molecular weight excluding hydrogens is 306 g/mol. The Bertz CT molecular complexity index is 1020. The number of anilines is 3. The Balaban J connectivity index is 1.66. The Hall–Kier alpha value is -3.39. The summed E-state index contributed by atoms with van der Waals surface area (Å²) >= 11 is 0. The molecule has 0 amide bonds. The summed E-state index contributed by atoms with van der Waals surface area (Å²) in [4.78, 5) is 13.8. The molecule has 1 atom stereocenters. The second-order valence-corrected chi connectivity index (χ2v) is 5.48. The first-order chi connectivity index (χ1) is 11.8. The third kappa shape index (κ3) is 1.80. The average molecular weight is 319 g/mol. The van der Waals surface area contributed by atoms with E-state index in [4.69, 9.17) is 0 Å². The Morgan fingerprint density at radius 3 is 3.00 bits per heavy atom. The lowest BCUT2D eigenvalue weighted by atomic mass is 10.2. The zero-order valence-corrected chi connectivity index (χ0v) is 12.5. The topological polar surface area (TPSA) is 94.4 Å². The van der Waals surface area contributed by atoms with Crippen molar-refractivity contribution in [3.8, 4) is 11.4 Å². The van der Waals surface area contributed by atoms with Gasteiger partial charge in [0.15, 0.2) is 11.6 Å². The number of H-pyrrole nitrogens is 1. The maximum atomic E-state index is 10.3. The van der Waals surface area contributed by atoms with Crippen molar-refractivity contribution in [2.45, 2.75) is 6.35 Å². The van der Waals surface area contributed by atoms with Crippen molar-refractivity contribution in [1.82, 2.24) is 24.6 Å². The molecule has 0 fully saturated rings. The van der Waals surface area contributed by atoms with E-state index in [1.807, 2.05) is 30.5 Å². The predicted octanol–water partition coefficient (Wildman–Crippen LogP) is 1.96. The van der Waals surface area contributed by atoms with Gasteiger partial charge in [-0.25, -0.2) is 14.5 Å². The molecule has 0 spiro atoms. The normalized spacial score (nSPS) is 16.4. The smallest absolute Gasteiger partial charge is 0.211 e. The van der Waals surface area contributed by atoms with E-state index in [0.717, 1.165) is 16.8 Å². The number of nitrogens with zero attached hydrogens (tertiary/aromatic N) is 5. The number of aromatic nitrogens is 5. The number of nitrogens with one attached hydrogen (secondary N) is 2. The molecule has 1 aliphatic rings. The Morgan fingerprint density at radius 2 is 2.12 bits per heavy atom. The predicted molar refractivity (Wildman–Crippen MR) is 88.8 cm³/mol. The quantitative estimate of drug-likeness (QED) is 0.523. The van der Waals surface area contributed by atoms with Gasteiger partial charge in [-0.1, -0.05) is 6.07 Å². The van der Waals surface area contributed by atoms with Crippen molar-refractivity contribution >= 4 is 22.7 Å². The lowest BCUT2D eigenvalue weighted by molar-refractivity contribution is 0.216. The molecule has 4 aromatic rings. The zero-order chi connectivity index (χ0) is 16.1. The molecule has 0 radical (unpaired) electrons. The number of aromatic amines is 1. The van der Waals surface area contributed by atoms with Crippen LogP contribution in [-0.2, 0) is 0 Å². The van der Waals surface area contributed by atoms with Crippen LogP contribution < -0.4 is 10.2 Å². The molecule has 0 bridgehead atoms. The molecule has 0 saturated carbocycles. The third-order valence-electron chi connectivity index (χ3n) is 4.05. The van der Waals surface area contributed by atoms with Gasteiger partial charge in [-0.05, 0) is 18.2 Å². The van der Waals surface area contributed by atoms with Crippen LogP contribution in [0.25, 0.3) is 16.9 Å². The van der Waals surface area contributed by atoms with Crippen LogP contribution in [-0.4, -0.2) is 36.0 Å². The third-order valence-corrected chi connectivity index (χ3v) is 4.05. The molecule has 4 aromatic heterocycles. The fraction of sp³-hybridized carbons (Fsp3) is 0.0625. The summed E-state index contributed by atoms with van der Waals surface area (Å²) in [5, 5.41) is 17.6. The highest BCUT2D eigenvalue weighted by Gasteiger charge is 2.31. The van der Waals surface area contributed by atoms with Crippen LogP contribution in [0.3, 0.4) is 0 Å². The van der Waals surface area contributed by atoms with Crippen LogP contribution in [0.4, 0.5) is 17.2 Å². The van der Waals surface area contributed by atoms with Crippen LogP contribution in [0.15, 0.2) is 55.2 Å². The minimum Gasteiger partial charge on any atom is -0.366 e. The van der Waals surface area contributed by atoms with Gasteiger partial charge in [0.25, 0.3) is 0 Å². The number of rotatable bonds is 2. The van der Waals surface area contributed by atoms with Crippen molar-refractivity contribution in [2.75, 3.05) is 10.2 Å². The molecule has 0 aliphatic carbocycles. The Labute approximate surface area is 136 Å². The number of pyridine rings is 1. The monoisotopic (exact) mass is 319 g/mol. The molecule has 1 aliphatic heterocycles. The summed E-state index contributed by atoms with van der Waals surface area (Å²) in [5.74, 6) is 1.19. The van der Waals surface area contributed by atoms with Gasteiger partial charge in [0.05, 0.1) is 34.8 Å². The zero-order valence-electron chi connectivity index (χ0n) is 12.5. The molecule has 118 valence electrons. The summed E-state index contributed by atoms with van der Waals surface area (Å²) in [7, 11) is 0. The Morgan fingerprint density at radius 1 is 1.17 bits per heavy atom. The Kier molecular flexibility index (Phi) is 2.62. The molecule has 8 nitrogen and oxygen atoms in total. The molecule has 8 heteroatoms. The summed E-state index contributed by atoms with van der Waals surface area (Å²) in [6.07, 6.45) is 8.02. The molecule has 3 N–H and O–H groups in total. The fourth-order valence-corrected chi connectivity index (χ4v) is 2.94. The largest absolute Gasteiger partial charge is 0.366 e. The molecule has 5 rings (SSSR count). The van der Waals surface area contributed by atoms with Crippen molar-refractivity contribution in [3.05, 3.63) is 55.2 Å². The second-order valence-electron chi connectivity index (χ2n) is 5.48. The van der Waals surface area contributed by atoms with E-state index < -0.39 is 6.35 Å². The SMILES string of the molecule is O[C@H]1Nc2cnc(-c3cnn4ccccc34)nc2N1c1cc[nH]c1. The van der Waals surface area contributed by atoms with Gasteiger partial charge in [-0.3, -0.25) is 4.90 Å². The van der Waals surface area contributed by atoms with Crippen LogP contribution in [0.5, 0.6) is 0 Å². The molecule has 0 unspecified atom stereocenters. The van der Waals surface area contributed by atoms with E-state index in [-0.39, 0.29) is 0 Å².